The molecule has 3 nitrogen and oxygen atoms in total. The van der Waals surface area contributed by atoms with Crippen molar-refractivity contribution in [2.45, 2.75) is 32.3 Å². The number of hydrogen-bond acceptors (Lipinski definition) is 3. The summed E-state index contributed by atoms with van der Waals surface area (Å²) in [6.45, 7) is 5.92. The van der Waals surface area contributed by atoms with Crippen LogP contribution in [0.25, 0.3) is 0 Å². The van der Waals surface area contributed by atoms with Gasteiger partial charge in [0.25, 0.3) is 0 Å². The summed E-state index contributed by atoms with van der Waals surface area (Å²) >= 11 is 0. The Bertz CT molecular complexity index is 437. The van der Waals surface area contributed by atoms with Crippen LogP contribution in [0.5, 0.6) is 0 Å². The van der Waals surface area contributed by atoms with Crippen LogP contribution in [-0.4, -0.2) is 31.0 Å². The maximum Gasteiger partial charge on any atom is 0.306 e. The maximum atomic E-state index is 11.8. The molecule has 1 saturated heterocycles. The lowest BCUT2D eigenvalue weighted by molar-refractivity contribution is -0.174. The van der Waals surface area contributed by atoms with Gasteiger partial charge < -0.3 is 9.64 Å². The SMILES string of the molecule is CCC(=O)OC1(c2ccccc2)CCN(C)CC1C.Cl. The predicted molar refractivity (Wildman–Crippen MR) is 83.0 cm³/mol. The van der Waals surface area contributed by atoms with Gasteiger partial charge in [0.2, 0.25) is 0 Å². The molecule has 0 saturated carbocycles. The topological polar surface area (TPSA) is 29.5 Å². The fraction of sp³-hybridized carbons (Fsp3) is 0.562. The summed E-state index contributed by atoms with van der Waals surface area (Å²) in [5.41, 5.74) is 0.665. The number of hydrogen-bond donors (Lipinski definition) is 0. The first-order chi connectivity index (χ1) is 9.08. The summed E-state index contributed by atoms with van der Waals surface area (Å²) < 4.78 is 5.91. The van der Waals surface area contributed by atoms with Crippen molar-refractivity contribution in [1.82, 2.24) is 4.90 Å². The molecule has 1 aromatic rings. The number of ether oxygens (including phenoxy) is 1. The Morgan fingerprint density at radius 1 is 1.40 bits per heavy atom. The van der Waals surface area contributed by atoms with Gasteiger partial charge in [0.1, 0.15) is 5.60 Å². The van der Waals surface area contributed by atoms with Crippen LogP contribution in [0.2, 0.25) is 0 Å². The van der Waals surface area contributed by atoms with Crippen molar-refractivity contribution in [3.05, 3.63) is 35.9 Å². The number of nitrogens with zero attached hydrogens (tertiary/aromatic N) is 1. The fourth-order valence-electron chi connectivity index (χ4n) is 2.94. The van der Waals surface area contributed by atoms with E-state index < -0.39 is 5.60 Å². The zero-order valence-electron chi connectivity index (χ0n) is 12.5. The van der Waals surface area contributed by atoms with Crippen LogP contribution >= 0.6 is 12.4 Å². The van der Waals surface area contributed by atoms with Crippen LogP contribution in [0.3, 0.4) is 0 Å². The highest BCUT2D eigenvalue weighted by Crippen LogP contribution is 2.40. The van der Waals surface area contributed by atoms with E-state index in [1.807, 2.05) is 25.1 Å². The van der Waals surface area contributed by atoms with Gasteiger partial charge >= 0.3 is 5.97 Å². The number of likely N-dealkylation sites (tertiary alicyclic amines) is 1. The molecule has 0 amide bonds. The van der Waals surface area contributed by atoms with E-state index in [-0.39, 0.29) is 18.4 Å². The van der Waals surface area contributed by atoms with E-state index in [1.165, 1.54) is 0 Å². The molecule has 1 heterocycles. The van der Waals surface area contributed by atoms with Gasteiger partial charge in [-0.05, 0) is 12.6 Å². The Kier molecular flexibility index (Phi) is 6.03. The second kappa shape index (κ2) is 7.09. The molecule has 0 N–H and O–H groups in total. The summed E-state index contributed by atoms with van der Waals surface area (Å²) in [6, 6.07) is 10.2. The molecule has 112 valence electrons. The van der Waals surface area contributed by atoms with Crippen LogP contribution in [0.15, 0.2) is 30.3 Å². The summed E-state index contributed by atoms with van der Waals surface area (Å²) in [7, 11) is 2.12. The average molecular weight is 298 g/mol. The van der Waals surface area contributed by atoms with Gasteiger partial charge in [-0.3, -0.25) is 4.79 Å². The Labute approximate surface area is 127 Å². The third kappa shape index (κ3) is 3.33. The molecular formula is C16H24ClNO2. The van der Waals surface area contributed by atoms with E-state index >= 15 is 0 Å². The summed E-state index contributed by atoms with van der Waals surface area (Å²) in [4.78, 5) is 14.1. The average Bonchev–Trinajstić information content (AvgIpc) is 2.43. The van der Waals surface area contributed by atoms with Crippen molar-refractivity contribution >= 4 is 18.4 Å². The zero-order valence-corrected chi connectivity index (χ0v) is 13.3. The molecule has 0 aromatic heterocycles. The molecular weight excluding hydrogens is 274 g/mol. The van der Waals surface area contributed by atoms with Gasteiger partial charge in [0, 0.05) is 31.8 Å². The molecule has 0 bridgehead atoms. The van der Waals surface area contributed by atoms with Gasteiger partial charge in [-0.25, -0.2) is 0 Å². The number of carbonyl (C=O) groups is 1. The first kappa shape index (κ1) is 17.0. The largest absolute Gasteiger partial charge is 0.454 e. The van der Waals surface area contributed by atoms with Crippen LogP contribution in [0, 0.1) is 5.92 Å². The second-order valence-corrected chi connectivity index (χ2v) is 5.50. The molecule has 2 atom stereocenters. The van der Waals surface area contributed by atoms with Crippen LogP contribution in [0.1, 0.15) is 32.3 Å². The maximum absolute atomic E-state index is 11.8. The third-order valence-corrected chi connectivity index (χ3v) is 4.09. The standard InChI is InChI=1S/C16H23NO2.ClH/c1-4-15(18)19-16(14-8-6-5-7-9-14)10-11-17(3)12-13(16)2;/h5-9,13H,4,10-12H2,1-3H3;1H. The summed E-state index contributed by atoms with van der Waals surface area (Å²) in [5.74, 6) is 0.185. The predicted octanol–water partition coefficient (Wildman–Crippen LogP) is 3.23. The zero-order chi connectivity index (χ0) is 13.9. The van der Waals surface area contributed by atoms with Crippen molar-refractivity contribution < 1.29 is 9.53 Å². The van der Waals surface area contributed by atoms with Crippen LogP contribution < -0.4 is 0 Å². The lowest BCUT2D eigenvalue weighted by Gasteiger charge is -2.45. The van der Waals surface area contributed by atoms with Crippen LogP contribution in [0.4, 0.5) is 0 Å². The first-order valence-corrected chi connectivity index (χ1v) is 7.04. The number of esters is 1. The first-order valence-electron chi connectivity index (χ1n) is 7.04. The quantitative estimate of drug-likeness (QED) is 0.802. The molecule has 2 unspecified atom stereocenters. The Hall–Kier alpha value is -1.06. The number of benzene rings is 1. The van der Waals surface area contributed by atoms with Crippen LogP contribution in [-0.2, 0) is 15.1 Å². The highest BCUT2D eigenvalue weighted by molar-refractivity contribution is 5.85. The van der Waals surface area contributed by atoms with Crippen molar-refractivity contribution in [3.8, 4) is 0 Å². The van der Waals surface area contributed by atoms with E-state index in [1.54, 1.807) is 0 Å². The molecule has 20 heavy (non-hydrogen) atoms. The van der Waals surface area contributed by atoms with Gasteiger partial charge in [-0.1, -0.05) is 44.2 Å². The minimum atomic E-state index is -0.457. The van der Waals surface area contributed by atoms with Crippen molar-refractivity contribution in [2.24, 2.45) is 5.92 Å². The monoisotopic (exact) mass is 297 g/mol. The normalized spacial score (nSPS) is 26.6. The lowest BCUT2D eigenvalue weighted by atomic mass is 9.76. The highest BCUT2D eigenvalue weighted by Gasteiger charge is 2.44. The smallest absolute Gasteiger partial charge is 0.306 e. The number of halogens is 1. The summed E-state index contributed by atoms with van der Waals surface area (Å²) in [6.07, 6.45) is 1.29. The molecule has 2 rings (SSSR count). The van der Waals surface area contributed by atoms with Crippen molar-refractivity contribution in [3.63, 3.8) is 0 Å². The minimum Gasteiger partial charge on any atom is -0.454 e. The molecule has 0 radical (unpaired) electrons. The number of rotatable bonds is 3. The Morgan fingerprint density at radius 3 is 2.60 bits per heavy atom. The van der Waals surface area contributed by atoms with Crippen molar-refractivity contribution in [1.29, 1.82) is 0 Å². The van der Waals surface area contributed by atoms with E-state index in [4.69, 9.17) is 4.74 Å². The van der Waals surface area contributed by atoms with Gasteiger partial charge in [-0.2, -0.15) is 0 Å². The van der Waals surface area contributed by atoms with Gasteiger partial charge in [-0.15, -0.1) is 12.4 Å². The number of piperidine rings is 1. The fourth-order valence-corrected chi connectivity index (χ4v) is 2.94. The lowest BCUT2D eigenvalue weighted by Crippen LogP contribution is -2.50. The minimum absolute atomic E-state index is 0. The Morgan fingerprint density at radius 2 is 2.05 bits per heavy atom. The molecule has 0 spiro atoms. The van der Waals surface area contributed by atoms with E-state index in [0.29, 0.717) is 12.3 Å². The van der Waals surface area contributed by atoms with E-state index in [0.717, 1.165) is 25.1 Å². The highest BCUT2D eigenvalue weighted by atomic mass is 35.5. The third-order valence-electron chi connectivity index (χ3n) is 4.09. The van der Waals surface area contributed by atoms with Gasteiger partial charge in [0.05, 0.1) is 0 Å². The number of carbonyl (C=O) groups excluding carboxylic acids is 1. The van der Waals surface area contributed by atoms with E-state index in [2.05, 4.69) is 31.0 Å². The molecule has 1 aromatic carbocycles. The second-order valence-electron chi connectivity index (χ2n) is 5.50. The molecule has 0 aliphatic carbocycles. The Balaban J connectivity index is 0.00000200. The molecule has 1 aliphatic rings. The van der Waals surface area contributed by atoms with Gasteiger partial charge in [0.15, 0.2) is 0 Å². The van der Waals surface area contributed by atoms with E-state index in [9.17, 15) is 4.79 Å². The molecule has 1 aliphatic heterocycles. The molecule has 1 fully saturated rings. The molecule has 4 heteroatoms. The summed E-state index contributed by atoms with van der Waals surface area (Å²) in [5, 5.41) is 0. The van der Waals surface area contributed by atoms with Crippen molar-refractivity contribution in [2.75, 3.05) is 20.1 Å².